The third-order valence-electron chi connectivity index (χ3n) is 7.75. The average molecular weight is 489 g/mol. The second kappa shape index (κ2) is 9.30. The normalized spacial score (nSPS) is 20.9. The van der Waals surface area contributed by atoms with Gasteiger partial charge in [-0.05, 0) is 42.8 Å². The maximum Gasteiger partial charge on any atom is 0.411 e. The molecule has 0 aromatic heterocycles. The molecule has 2 fully saturated rings. The van der Waals surface area contributed by atoms with Gasteiger partial charge in [0, 0.05) is 37.1 Å². The van der Waals surface area contributed by atoms with Crippen molar-refractivity contribution in [3.05, 3.63) is 101 Å². The van der Waals surface area contributed by atoms with Crippen LogP contribution in [0.3, 0.4) is 0 Å². The smallest absolute Gasteiger partial charge is 0.411 e. The van der Waals surface area contributed by atoms with E-state index in [0.717, 1.165) is 5.56 Å². The van der Waals surface area contributed by atoms with Gasteiger partial charge in [0.1, 0.15) is 22.7 Å². The van der Waals surface area contributed by atoms with E-state index in [1.807, 2.05) is 37.3 Å². The van der Waals surface area contributed by atoms with Crippen molar-refractivity contribution in [3.8, 4) is 5.75 Å². The summed E-state index contributed by atoms with van der Waals surface area (Å²) in [5, 5.41) is 0. The number of ether oxygens (including phenoxy) is 2. The van der Waals surface area contributed by atoms with Gasteiger partial charge in [-0.25, -0.2) is 9.18 Å². The third-order valence-corrected chi connectivity index (χ3v) is 7.75. The second-order valence-corrected chi connectivity index (χ2v) is 9.50. The van der Waals surface area contributed by atoms with Gasteiger partial charge in [-0.3, -0.25) is 9.69 Å². The molecule has 0 aliphatic carbocycles. The van der Waals surface area contributed by atoms with Crippen molar-refractivity contribution in [1.29, 1.82) is 0 Å². The second-order valence-electron chi connectivity index (χ2n) is 9.50. The first-order valence-electron chi connectivity index (χ1n) is 12.1. The number of rotatable bonds is 5. The fraction of sp³-hybridized carbons (Fsp3) is 0.310. The van der Waals surface area contributed by atoms with E-state index in [-0.39, 0.29) is 18.3 Å². The summed E-state index contributed by atoms with van der Waals surface area (Å²) in [6, 6.07) is 23.3. The summed E-state index contributed by atoms with van der Waals surface area (Å²) in [6.45, 7) is 2.96. The zero-order chi connectivity index (χ0) is 25.3. The lowest BCUT2D eigenvalue weighted by atomic mass is 9.70. The Morgan fingerprint density at radius 1 is 0.972 bits per heavy atom. The zero-order valence-electron chi connectivity index (χ0n) is 20.4. The maximum atomic E-state index is 14.6. The van der Waals surface area contributed by atoms with Crippen molar-refractivity contribution >= 4 is 12.0 Å². The van der Waals surface area contributed by atoms with Gasteiger partial charge >= 0.3 is 6.09 Å². The summed E-state index contributed by atoms with van der Waals surface area (Å²) in [7, 11) is 1.59. The Morgan fingerprint density at radius 2 is 1.61 bits per heavy atom. The number of hydrogen-bond acceptors (Lipinski definition) is 4. The molecule has 0 saturated carbocycles. The van der Waals surface area contributed by atoms with Crippen LogP contribution < -0.4 is 4.74 Å². The van der Waals surface area contributed by atoms with Gasteiger partial charge in [0.25, 0.3) is 5.91 Å². The highest BCUT2D eigenvalue weighted by Gasteiger charge is 2.63. The molecule has 3 aromatic rings. The number of carbonyl (C=O) groups excluding carboxylic acids is 2. The number of amides is 2. The standard InChI is InChI=1S/C29H29FN2O4/c1-28(23-9-4-3-5-10-23)29(36-27(34)32(28)20-22-8-6-7-11-25(22)30)16-18-31(19-17-29)26(33)21-12-14-24(35-2)15-13-21/h3-15H,16-20H2,1-2H3. The fourth-order valence-corrected chi connectivity index (χ4v) is 5.53. The van der Waals surface area contributed by atoms with Crippen LogP contribution in [0, 0.1) is 5.82 Å². The lowest BCUT2D eigenvalue weighted by Gasteiger charge is -2.48. The van der Waals surface area contributed by atoms with Gasteiger partial charge in [0.15, 0.2) is 0 Å². The topological polar surface area (TPSA) is 59.1 Å². The molecule has 36 heavy (non-hydrogen) atoms. The largest absolute Gasteiger partial charge is 0.497 e. The van der Waals surface area contributed by atoms with Gasteiger partial charge in [0.05, 0.1) is 13.7 Å². The van der Waals surface area contributed by atoms with Gasteiger partial charge in [0.2, 0.25) is 0 Å². The van der Waals surface area contributed by atoms with Gasteiger partial charge < -0.3 is 14.4 Å². The highest BCUT2D eigenvalue weighted by Crippen LogP contribution is 2.52. The molecule has 2 saturated heterocycles. The molecule has 1 atom stereocenters. The Bertz CT molecular complexity index is 1260. The quantitative estimate of drug-likeness (QED) is 0.484. The van der Waals surface area contributed by atoms with E-state index in [0.29, 0.717) is 42.8 Å². The predicted molar refractivity (Wildman–Crippen MR) is 133 cm³/mol. The van der Waals surface area contributed by atoms with E-state index in [1.165, 1.54) is 6.07 Å². The molecule has 7 heteroatoms. The number of halogens is 1. The highest BCUT2D eigenvalue weighted by atomic mass is 19.1. The van der Waals surface area contributed by atoms with E-state index >= 15 is 0 Å². The molecule has 5 rings (SSSR count). The minimum absolute atomic E-state index is 0.0681. The SMILES string of the molecule is COc1ccc(C(=O)N2CCC3(CC2)OC(=O)N(Cc2ccccc2F)C3(C)c2ccccc2)cc1. The lowest BCUT2D eigenvalue weighted by Crippen LogP contribution is -2.58. The van der Waals surface area contributed by atoms with Crippen LogP contribution in [0.1, 0.15) is 41.3 Å². The molecule has 2 aliphatic heterocycles. The number of nitrogens with zero attached hydrogens (tertiary/aromatic N) is 2. The van der Waals surface area contributed by atoms with E-state index in [4.69, 9.17) is 9.47 Å². The van der Waals surface area contributed by atoms with Crippen LogP contribution in [0.4, 0.5) is 9.18 Å². The molecule has 3 aromatic carbocycles. The molecule has 2 amide bonds. The summed E-state index contributed by atoms with van der Waals surface area (Å²) >= 11 is 0. The van der Waals surface area contributed by atoms with E-state index < -0.39 is 17.2 Å². The number of methoxy groups -OCH3 is 1. The van der Waals surface area contributed by atoms with Gasteiger partial charge in [-0.1, -0.05) is 48.5 Å². The van der Waals surface area contributed by atoms with Crippen molar-refractivity contribution in [2.24, 2.45) is 0 Å². The Labute approximate surface area is 210 Å². The molecule has 186 valence electrons. The molecule has 0 bridgehead atoms. The molecule has 1 unspecified atom stereocenters. The first kappa shape index (κ1) is 23.9. The van der Waals surface area contributed by atoms with Crippen LogP contribution in [-0.4, -0.2) is 47.6 Å². The van der Waals surface area contributed by atoms with Crippen molar-refractivity contribution in [1.82, 2.24) is 9.80 Å². The number of hydrogen-bond donors (Lipinski definition) is 0. The van der Waals surface area contributed by atoms with Crippen molar-refractivity contribution < 1.29 is 23.5 Å². The van der Waals surface area contributed by atoms with Crippen LogP contribution in [0.5, 0.6) is 5.75 Å². The molecule has 6 nitrogen and oxygen atoms in total. The molecular formula is C29H29FN2O4. The first-order chi connectivity index (χ1) is 17.4. The van der Waals surface area contributed by atoms with Crippen molar-refractivity contribution in [3.63, 3.8) is 0 Å². The predicted octanol–water partition coefficient (Wildman–Crippen LogP) is 5.38. The lowest BCUT2D eigenvalue weighted by molar-refractivity contribution is -0.0552. The molecule has 2 aliphatic rings. The Morgan fingerprint density at radius 3 is 2.25 bits per heavy atom. The number of benzene rings is 3. The molecule has 0 N–H and O–H groups in total. The third kappa shape index (κ3) is 3.88. The Kier molecular flexibility index (Phi) is 6.16. The van der Waals surface area contributed by atoms with E-state index in [9.17, 15) is 14.0 Å². The van der Waals surface area contributed by atoms with Gasteiger partial charge in [-0.2, -0.15) is 0 Å². The summed E-state index contributed by atoms with van der Waals surface area (Å²) in [6.07, 6.45) is 0.471. The maximum absolute atomic E-state index is 14.6. The minimum atomic E-state index is -0.854. The Balaban J connectivity index is 1.44. The molecule has 0 radical (unpaired) electrons. The summed E-state index contributed by atoms with van der Waals surface area (Å²) < 4.78 is 25.9. The number of carbonyl (C=O) groups is 2. The van der Waals surface area contributed by atoms with Crippen LogP contribution in [0.15, 0.2) is 78.9 Å². The summed E-state index contributed by atoms with van der Waals surface area (Å²) in [5.41, 5.74) is 0.237. The monoisotopic (exact) mass is 488 g/mol. The summed E-state index contributed by atoms with van der Waals surface area (Å²) in [5.74, 6) is 0.263. The van der Waals surface area contributed by atoms with Gasteiger partial charge in [-0.15, -0.1) is 0 Å². The van der Waals surface area contributed by atoms with E-state index in [1.54, 1.807) is 59.4 Å². The van der Waals surface area contributed by atoms with E-state index in [2.05, 4.69) is 0 Å². The average Bonchev–Trinajstić information content (AvgIpc) is 3.12. The number of piperidine rings is 1. The van der Waals surface area contributed by atoms with Crippen molar-refractivity contribution in [2.45, 2.75) is 37.5 Å². The minimum Gasteiger partial charge on any atom is -0.497 e. The molecular weight excluding hydrogens is 459 g/mol. The molecule has 2 heterocycles. The fourth-order valence-electron chi connectivity index (χ4n) is 5.53. The number of likely N-dealkylation sites (tertiary alicyclic amines) is 1. The van der Waals surface area contributed by atoms with Crippen LogP contribution in [-0.2, 0) is 16.8 Å². The van der Waals surface area contributed by atoms with Crippen molar-refractivity contribution in [2.75, 3.05) is 20.2 Å². The Hall–Kier alpha value is -3.87. The molecule has 1 spiro atoms. The van der Waals surface area contributed by atoms with Crippen LogP contribution in [0.2, 0.25) is 0 Å². The first-order valence-corrected chi connectivity index (χ1v) is 12.1. The van der Waals surface area contributed by atoms with Crippen LogP contribution in [0.25, 0.3) is 0 Å². The summed E-state index contributed by atoms with van der Waals surface area (Å²) in [4.78, 5) is 29.9. The highest BCUT2D eigenvalue weighted by molar-refractivity contribution is 5.94. The van der Waals surface area contributed by atoms with Crippen LogP contribution >= 0.6 is 0 Å². The zero-order valence-corrected chi connectivity index (χ0v) is 20.4.